The number of hydrogen-bond acceptors (Lipinski definition) is 4. The molecular formula is C25H32N2O5. The van der Waals surface area contributed by atoms with Gasteiger partial charge in [0.15, 0.2) is 0 Å². The molecule has 2 aromatic rings. The van der Waals surface area contributed by atoms with E-state index in [1.54, 1.807) is 4.90 Å². The molecule has 1 heterocycles. The van der Waals surface area contributed by atoms with Crippen molar-refractivity contribution >= 4 is 17.8 Å². The van der Waals surface area contributed by atoms with E-state index in [2.05, 4.69) is 11.0 Å². The van der Waals surface area contributed by atoms with E-state index >= 15 is 0 Å². The molecule has 1 fully saturated rings. The minimum Gasteiger partial charge on any atom is -0.481 e. The van der Waals surface area contributed by atoms with E-state index in [0.717, 1.165) is 30.0 Å². The van der Waals surface area contributed by atoms with Gasteiger partial charge < -0.3 is 20.0 Å². The number of benzene rings is 2. The number of rotatable bonds is 4. The van der Waals surface area contributed by atoms with Crippen LogP contribution in [0, 0.1) is 12.8 Å². The summed E-state index contributed by atoms with van der Waals surface area (Å²) in [5.74, 6) is -2.29. The van der Waals surface area contributed by atoms with Gasteiger partial charge in [0.25, 0.3) is 11.9 Å². The number of amides is 1. The Morgan fingerprint density at radius 3 is 2.22 bits per heavy atom. The van der Waals surface area contributed by atoms with Crippen molar-refractivity contribution in [3.05, 3.63) is 59.7 Å². The predicted molar refractivity (Wildman–Crippen MR) is 124 cm³/mol. The van der Waals surface area contributed by atoms with Crippen molar-refractivity contribution in [3.8, 4) is 11.1 Å². The molecule has 0 unspecified atom stereocenters. The molecule has 1 saturated heterocycles. The highest BCUT2D eigenvalue weighted by atomic mass is 16.4. The van der Waals surface area contributed by atoms with Crippen molar-refractivity contribution in [1.29, 1.82) is 0 Å². The largest absolute Gasteiger partial charge is 0.481 e. The van der Waals surface area contributed by atoms with Gasteiger partial charge in [-0.2, -0.15) is 0 Å². The van der Waals surface area contributed by atoms with Gasteiger partial charge in [-0.05, 0) is 51.1 Å². The zero-order valence-electron chi connectivity index (χ0n) is 19.1. The molecule has 32 heavy (non-hydrogen) atoms. The topological polar surface area (TPSA) is 98.2 Å². The fraction of sp³-hybridized carbons (Fsp3) is 0.400. The number of likely N-dealkylation sites (N-methyl/N-ethyl adjacent to an activating group) is 1. The lowest BCUT2D eigenvalue weighted by Crippen LogP contribution is -2.43. The smallest absolute Gasteiger partial charge is 0.308 e. The Kier molecular flexibility index (Phi) is 8.96. The molecule has 2 aromatic carbocycles. The molecular weight excluding hydrogens is 408 g/mol. The van der Waals surface area contributed by atoms with Crippen molar-refractivity contribution in [1.82, 2.24) is 9.80 Å². The van der Waals surface area contributed by atoms with Gasteiger partial charge in [-0.1, -0.05) is 48.0 Å². The Morgan fingerprint density at radius 2 is 1.62 bits per heavy atom. The van der Waals surface area contributed by atoms with Crippen LogP contribution in [0.15, 0.2) is 48.5 Å². The van der Waals surface area contributed by atoms with Crippen molar-refractivity contribution in [2.45, 2.75) is 32.7 Å². The first-order chi connectivity index (χ1) is 15.1. The second-order valence-electron chi connectivity index (χ2n) is 8.37. The third-order valence-electron chi connectivity index (χ3n) is 5.57. The van der Waals surface area contributed by atoms with E-state index in [4.69, 9.17) is 9.90 Å². The number of hydrogen-bond donors (Lipinski definition) is 2. The average molecular weight is 441 g/mol. The molecule has 1 aliphatic heterocycles. The number of nitrogens with zero attached hydrogens (tertiary/aromatic N) is 2. The van der Waals surface area contributed by atoms with E-state index in [1.807, 2.05) is 63.5 Å². The Morgan fingerprint density at radius 1 is 0.969 bits per heavy atom. The molecule has 1 aliphatic rings. The number of carboxylic acids is 2. The first-order valence-corrected chi connectivity index (χ1v) is 10.6. The standard InChI is InChI=1S/C23H28N2O3.C2H4O2/c1-16-7-6-8-17(13-16)20-9-4-5-10-21(20)22(26)25-14-18(23(27)28)11-12-19(15-25)24(2)3;1-2(3)4/h4-10,13,18-19H,11-12,14-15H2,1-3H3,(H,27,28);1H3,(H,3,4)/t18-,19+;/m0./s1. The number of carbonyl (C=O) groups excluding carboxylic acids is 1. The molecule has 7 nitrogen and oxygen atoms in total. The van der Waals surface area contributed by atoms with Gasteiger partial charge in [-0.15, -0.1) is 0 Å². The Bertz CT molecular complexity index is 953. The Balaban J connectivity index is 0.000000837. The van der Waals surface area contributed by atoms with Crippen LogP contribution in [0.3, 0.4) is 0 Å². The minimum atomic E-state index is -0.833. The Hall–Kier alpha value is -3.19. The lowest BCUT2D eigenvalue weighted by molar-refractivity contribution is -0.142. The lowest BCUT2D eigenvalue weighted by Gasteiger charge is -2.29. The van der Waals surface area contributed by atoms with Gasteiger partial charge in [-0.25, -0.2) is 0 Å². The molecule has 0 spiro atoms. The second-order valence-corrected chi connectivity index (χ2v) is 8.37. The quantitative estimate of drug-likeness (QED) is 0.754. The van der Waals surface area contributed by atoms with Gasteiger partial charge in [0, 0.05) is 31.6 Å². The summed E-state index contributed by atoms with van der Waals surface area (Å²) in [7, 11) is 3.96. The van der Waals surface area contributed by atoms with Crippen LogP contribution in [-0.4, -0.2) is 71.1 Å². The second kappa shape index (κ2) is 11.4. The predicted octanol–water partition coefficient (Wildman–Crippen LogP) is 3.62. The average Bonchev–Trinajstić information content (AvgIpc) is 2.96. The van der Waals surface area contributed by atoms with Crippen molar-refractivity contribution in [3.63, 3.8) is 0 Å². The van der Waals surface area contributed by atoms with Crippen molar-refractivity contribution in [2.24, 2.45) is 5.92 Å². The summed E-state index contributed by atoms with van der Waals surface area (Å²) in [5, 5.41) is 17.0. The van der Waals surface area contributed by atoms with E-state index in [9.17, 15) is 14.7 Å². The zero-order chi connectivity index (χ0) is 23.8. The molecule has 0 radical (unpaired) electrons. The van der Waals surface area contributed by atoms with E-state index in [0.29, 0.717) is 18.5 Å². The SMILES string of the molecule is CC(=O)O.Cc1cccc(-c2ccccc2C(=O)N2C[C@@H](C(=O)O)CC[C@@H](N(C)C)C2)c1. The molecule has 2 N–H and O–H groups in total. The number of carbonyl (C=O) groups is 3. The first-order valence-electron chi connectivity index (χ1n) is 10.6. The number of aliphatic carboxylic acids is 2. The van der Waals surface area contributed by atoms with Crippen LogP contribution in [0.25, 0.3) is 11.1 Å². The molecule has 3 rings (SSSR count). The highest BCUT2D eigenvalue weighted by Crippen LogP contribution is 2.27. The van der Waals surface area contributed by atoms with E-state index in [1.165, 1.54) is 0 Å². The Labute approximate surface area is 189 Å². The molecule has 0 aliphatic carbocycles. The fourth-order valence-corrected chi connectivity index (χ4v) is 3.86. The van der Waals surface area contributed by atoms with Crippen LogP contribution in [0.5, 0.6) is 0 Å². The van der Waals surface area contributed by atoms with Gasteiger partial charge in [0.2, 0.25) is 0 Å². The summed E-state index contributed by atoms with van der Waals surface area (Å²) in [6, 6.07) is 15.8. The molecule has 0 bridgehead atoms. The fourth-order valence-electron chi connectivity index (χ4n) is 3.86. The summed E-state index contributed by atoms with van der Waals surface area (Å²) in [6.07, 6.45) is 1.36. The normalized spacial score (nSPS) is 18.3. The highest BCUT2D eigenvalue weighted by molar-refractivity contribution is 6.01. The third-order valence-corrected chi connectivity index (χ3v) is 5.57. The monoisotopic (exact) mass is 440 g/mol. The maximum atomic E-state index is 13.5. The van der Waals surface area contributed by atoms with Crippen LogP contribution < -0.4 is 0 Å². The lowest BCUT2D eigenvalue weighted by atomic mass is 9.97. The zero-order valence-corrected chi connectivity index (χ0v) is 19.1. The molecule has 1 amide bonds. The molecule has 172 valence electrons. The first kappa shape index (κ1) is 25.1. The molecule has 2 atom stereocenters. The van der Waals surface area contributed by atoms with Crippen molar-refractivity contribution in [2.75, 3.05) is 27.2 Å². The highest BCUT2D eigenvalue weighted by Gasteiger charge is 2.32. The van der Waals surface area contributed by atoms with Gasteiger partial charge in [0.1, 0.15) is 0 Å². The number of aryl methyl sites for hydroxylation is 1. The molecule has 0 aromatic heterocycles. The summed E-state index contributed by atoms with van der Waals surface area (Å²) < 4.78 is 0. The van der Waals surface area contributed by atoms with E-state index in [-0.39, 0.29) is 18.5 Å². The van der Waals surface area contributed by atoms with E-state index < -0.39 is 17.9 Å². The van der Waals surface area contributed by atoms with Gasteiger partial charge in [-0.3, -0.25) is 14.4 Å². The summed E-state index contributed by atoms with van der Waals surface area (Å²) in [5.41, 5.74) is 3.64. The maximum absolute atomic E-state index is 13.5. The molecule has 0 saturated carbocycles. The maximum Gasteiger partial charge on any atom is 0.308 e. The van der Waals surface area contributed by atoms with Crippen LogP contribution >= 0.6 is 0 Å². The van der Waals surface area contributed by atoms with Crippen LogP contribution in [0.2, 0.25) is 0 Å². The number of likely N-dealkylation sites (tertiary alicyclic amines) is 1. The van der Waals surface area contributed by atoms with Gasteiger partial charge in [0.05, 0.1) is 5.92 Å². The number of carboxylic acid groups (broad SMARTS) is 2. The van der Waals surface area contributed by atoms with Gasteiger partial charge >= 0.3 is 5.97 Å². The van der Waals surface area contributed by atoms with Crippen molar-refractivity contribution < 1.29 is 24.6 Å². The summed E-state index contributed by atoms with van der Waals surface area (Å²) in [4.78, 5) is 38.0. The van der Waals surface area contributed by atoms with Crippen LogP contribution in [-0.2, 0) is 9.59 Å². The third kappa shape index (κ3) is 6.92. The van der Waals surface area contributed by atoms with Crippen LogP contribution in [0.4, 0.5) is 0 Å². The van der Waals surface area contributed by atoms with Crippen LogP contribution in [0.1, 0.15) is 35.7 Å². The molecule has 7 heteroatoms. The summed E-state index contributed by atoms with van der Waals surface area (Å²) >= 11 is 0. The summed E-state index contributed by atoms with van der Waals surface area (Å²) in [6.45, 7) is 3.90. The minimum absolute atomic E-state index is 0.0999.